The summed E-state index contributed by atoms with van der Waals surface area (Å²) in [6, 6.07) is 12.4. The lowest BCUT2D eigenvalue weighted by atomic mass is 10.0. The van der Waals surface area contributed by atoms with Crippen LogP contribution in [0.3, 0.4) is 0 Å². The maximum absolute atomic E-state index is 12.3. The Bertz CT molecular complexity index is 701. The third-order valence-electron chi connectivity index (χ3n) is 4.93. The van der Waals surface area contributed by atoms with E-state index in [4.69, 9.17) is 4.52 Å². The molecule has 1 aromatic carbocycles. The van der Waals surface area contributed by atoms with E-state index in [1.165, 1.54) is 18.4 Å². The maximum atomic E-state index is 12.3. The van der Waals surface area contributed by atoms with Gasteiger partial charge in [0, 0.05) is 25.2 Å². The monoisotopic (exact) mass is 356 g/mol. The molecule has 6 nitrogen and oxygen atoms in total. The standard InChI is InChI=1S/C20H28N4O2/c1-23(14-16-8-4-3-5-9-16)15-18-12-19(22-26-18)20(25)21-13-17-10-6-7-11-24(17)2/h3-5,8-9,12,17H,6-7,10-11,13-15H2,1-2H3,(H,21,25). The van der Waals surface area contributed by atoms with Crippen molar-refractivity contribution in [2.45, 2.75) is 38.4 Å². The predicted molar refractivity (Wildman–Crippen MR) is 101 cm³/mol. The zero-order valence-electron chi connectivity index (χ0n) is 15.6. The van der Waals surface area contributed by atoms with Gasteiger partial charge in [0.2, 0.25) is 0 Å². The molecule has 1 amide bonds. The van der Waals surface area contributed by atoms with Gasteiger partial charge >= 0.3 is 0 Å². The van der Waals surface area contributed by atoms with Crippen LogP contribution >= 0.6 is 0 Å². The van der Waals surface area contributed by atoms with Gasteiger partial charge in [-0.1, -0.05) is 41.9 Å². The van der Waals surface area contributed by atoms with E-state index >= 15 is 0 Å². The van der Waals surface area contributed by atoms with E-state index in [2.05, 4.69) is 39.5 Å². The number of benzene rings is 1. The van der Waals surface area contributed by atoms with Gasteiger partial charge < -0.3 is 14.7 Å². The lowest BCUT2D eigenvalue weighted by molar-refractivity contribution is 0.0919. The highest BCUT2D eigenvalue weighted by atomic mass is 16.5. The molecule has 6 heteroatoms. The van der Waals surface area contributed by atoms with Crippen LogP contribution in [0.2, 0.25) is 0 Å². The van der Waals surface area contributed by atoms with Gasteiger partial charge in [-0.2, -0.15) is 0 Å². The summed E-state index contributed by atoms with van der Waals surface area (Å²) in [6.07, 6.45) is 3.60. The van der Waals surface area contributed by atoms with Gasteiger partial charge in [0.15, 0.2) is 11.5 Å². The van der Waals surface area contributed by atoms with Gasteiger partial charge in [-0.3, -0.25) is 9.69 Å². The fourth-order valence-electron chi connectivity index (χ4n) is 3.41. The number of likely N-dealkylation sites (N-methyl/N-ethyl adjacent to an activating group) is 1. The Morgan fingerprint density at radius 1 is 1.31 bits per heavy atom. The first-order chi connectivity index (χ1) is 12.6. The molecule has 0 saturated carbocycles. The lowest BCUT2D eigenvalue weighted by Gasteiger charge is -2.32. The molecule has 1 saturated heterocycles. The zero-order chi connectivity index (χ0) is 18.4. The van der Waals surface area contributed by atoms with Crippen LogP contribution in [0, 0.1) is 0 Å². The third kappa shape index (κ3) is 5.16. The van der Waals surface area contributed by atoms with E-state index in [1.54, 1.807) is 6.07 Å². The Labute approximate surface area is 155 Å². The summed E-state index contributed by atoms with van der Waals surface area (Å²) < 4.78 is 5.34. The highest BCUT2D eigenvalue weighted by molar-refractivity contribution is 5.92. The lowest BCUT2D eigenvalue weighted by Crippen LogP contribution is -2.44. The van der Waals surface area contributed by atoms with Crippen LogP contribution in [-0.2, 0) is 13.1 Å². The number of aromatic nitrogens is 1. The molecule has 0 bridgehead atoms. The molecule has 2 heterocycles. The molecule has 1 unspecified atom stereocenters. The second kappa shape index (κ2) is 8.96. The first kappa shape index (κ1) is 18.6. The molecule has 0 radical (unpaired) electrons. The van der Waals surface area contributed by atoms with Gasteiger partial charge in [0.1, 0.15) is 0 Å². The minimum atomic E-state index is -0.162. The third-order valence-corrected chi connectivity index (χ3v) is 4.93. The quantitative estimate of drug-likeness (QED) is 0.826. The summed E-state index contributed by atoms with van der Waals surface area (Å²) in [5.41, 5.74) is 1.59. The number of hydrogen-bond acceptors (Lipinski definition) is 5. The summed E-state index contributed by atoms with van der Waals surface area (Å²) in [7, 11) is 4.14. The smallest absolute Gasteiger partial charge is 0.273 e. The Kier molecular flexibility index (Phi) is 6.41. The van der Waals surface area contributed by atoms with Crippen LogP contribution in [0.4, 0.5) is 0 Å². The van der Waals surface area contributed by atoms with Crippen molar-refractivity contribution in [1.29, 1.82) is 0 Å². The van der Waals surface area contributed by atoms with Crippen molar-refractivity contribution in [2.24, 2.45) is 0 Å². The van der Waals surface area contributed by atoms with Crippen molar-refractivity contribution in [3.63, 3.8) is 0 Å². The number of likely N-dealkylation sites (tertiary alicyclic amines) is 1. The van der Waals surface area contributed by atoms with Gasteiger partial charge in [-0.15, -0.1) is 0 Å². The fraction of sp³-hybridized carbons (Fsp3) is 0.500. The summed E-state index contributed by atoms with van der Waals surface area (Å²) in [4.78, 5) is 16.8. The van der Waals surface area contributed by atoms with E-state index in [1.807, 2.05) is 25.2 Å². The van der Waals surface area contributed by atoms with Gasteiger partial charge in [-0.05, 0) is 39.0 Å². The fourth-order valence-corrected chi connectivity index (χ4v) is 3.41. The number of nitrogens with one attached hydrogen (secondary N) is 1. The molecule has 1 fully saturated rings. The second-order valence-electron chi connectivity index (χ2n) is 7.18. The number of amides is 1. The number of nitrogens with zero attached hydrogens (tertiary/aromatic N) is 3. The van der Waals surface area contributed by atoms with Crippen molar-refractivity contribution in [3.05, 3.63) is 53.4 Å². The van der Waals surface area contributed by atoms with Crippen LogP contribution < -0.4 is 5.32 Å². The summed E-state index contributed by atoms with van der Waals surface area (Å²) in [5.74, 6) is 0.535. The van der Waals surface area contributed by atoms with Crippen molar-refractivity contribution in [2.75, 3.05) is 27.2 Å². The van der Waals surface area contributed by atoms with Gasteiger partial charge in [0.05, 0.1) is 6.54 Å². The molecular weight excluding hydrogens is 328 g/mol. The summed E-state index contributed by atoms with van der Waals surface area (Å²) in [6.45, 7) is 3.19. The first-order valence-electron chi connectivity index (χ1n) is 9.28. The van der Waals surface area contributed by atoms with Crippen LogP contribution in [0.25, 0.3) is 0 Å². The van der Waals surface area contributed by atoms with Gasteiger partial charge in [-0.25, -0.2) is 0 Å². The molecule has 140 valence electrons. The van der Waals surface area contributed by atoms with Crippen LogP contribution in [0.15, 0.2) is 40.9 Å². The molecule has 1 aliphatic heterocycles. The Balaban J connectivity index is 1.48. The molecule has 0 aliphatic carbocycles. The average Bonchev–Trinajstić information content (AvgIpc) is 3.10. The summed E-state index contributed by atoms with van der Waals surface area (Å²) in [5, 5.41) is 6.92. The largest absolute Gasteiger partial charge is 0.359 e. The Hall–Kier alpha value is -2.18. The molecule has 1 aromatic heterocycles. The molecule has 1 atom stereocenters. The number of carbonyl (C=O) groups is 1. The topological polar surface area (TPSA) is 61.6 Å². The minimum Gasteiger partial charge on any atom is -0.359 e. The van der Waals surface area contributed by atoms with Crippen LogP contribution in [0.1, 0.15) is 41.1 Å². The van der Waals surface area contributed by atoms with E-state index < -0.39 is 0 Å². The van der Waals surface area contributed by atoms with Crippen molar-refractivity contribution < 1.29 is 9.32 Å². The molecule has 26 heavy (non-hydrogen) atoms. The van der Waals surface area contributed by atoms with E-state index in [-0.39, 0.29) is 5.91 Å². The molecule has 1 N–H and O–H groups in total. The first-order valence-corrected chi connectivity index (χ1v) is 9.28. The van der Waals surface area contributed by atoms with Crippen molar-refractivity contribution in [3.8, 4) is 0 Å². The van der Waals surface area contributed by atoms with Gasteiger partial charge in [0.25, 0.3) is 5.91 Å². The van der Waals surface area contributed by atoms with Crippen LogP contribution in [0.5, 0.6) is 0 Å². The van der Waals surface area contributed by atoms with E-state index in [9.17, 15) is 4.79 Å². The Morgan fingerprint density at radius 2 is 2.12 bits per heavy atom. The number of carbonyl (C=O) groups excluding carboxylic acids is 1. The normalized spacial score (nSPS) is 18.2. The predicted octanol–water partition coefficient (Wildman–Crippen LogP) is 2.52. The highest BCUT2D eigenvalue weighted by Gasteiger charge is 2.20. The zero-order valence-corrected chi connectivity index (χ0v) is 15.6. The SMILES string of the molecule is CN(Cc1ccccc1)Cc1cc(C(=O)NCC2CCCCN2C)no1. The van der Waals surface area contributed by atoms with E-state index in [0.29, 0.717) is 30.6 Å². The molecule has 0 spiro atoms. The molecule has 3 rings (SSSR count). The maximum Gasteiger partial charge on any atom is 0.273 e. The molecule has 1 aliphatic rings. The summed E-state index contributed by atoms with van der Waals surface area (Å²) >= 11 is 0. The second-order valence-corrected chi connectivity index (χ2v) is 7.18. The van der Waals surface area contributed by atoms with E-state index in [0.717, 1.165) is 19.5 Å². The van der Waals surface area contributed by atoms with Crippen LogP contribution in [-0.4, -0.2) is 54.1 Å². The number of rotatable bonds is 7. The molecule has 2 aromatic rings. The van der Waals surface area contributed by atoms with Crippen molar-refractivity contribution >= 4 is 5.91 Å². The van der Waals surface area contributed by atoms with Crippen molar-refractivity contribution in [1.82, 2.24) is 20.3 Å². The number of hydrogen-bond donors (Lipinski definition) is 1. The highest BCUT2D eigenvalue weighted by Crippen LogP contribution is 2.14. The average molecular weight is 356 g/mol. The minimum absolute atomic E-state index is 0.162. The Morgan fingerprint density at radius 3 is 2.88 bits per heavy atom. The molecular formula is C20H28N4O2. The number of piperidine rings is 1.